The molecule has 7 rings (SSSR count). The highest BCUT2D eigenvalue weighted by molar-refractivity contribution is 7.47. The number of phosphoric ester groups is 2. The number of imidazole rings is 2. The summed E-state index contributed by atoms with van der Waals surface area (Å²) in [4.78, 5) is 52.7. The Morgan fingerprint density at radius 1 is 0.956 bits per heavy atom. The molecule has 3 fully saturated rings. The van der Waals surface area contributed by atoms with Crippen LogP contribution in [-0.2, 0) is 36.7 Å². The summed E-state index contributed by atoms with van der Waals surface area (Å²) in [6.07, 6.45) is -7.06. The Hall–Kier alpha value is -3.33. The summed E-state index contributed by atoms with van der Waals surface area (Å²) in [5.41, 5.74) is 11.8. The molecule has 0 saturated carbocycles. The third kappa shape index (κ3) is 5.45. The molecule has 0 radical (unpaired) electrons. The fourth-order valence-corrected chi connectivity index (χ4v) is 7.76. The van der Waals surface area contributed by atoms with E-state index >= 15 is 0 Å². The van der Waals surface area contributed by atoms with Crippen LogP contribution in [0.1, 0.15) is 25.8 Å². The van der Waals surface area contributed by atoms with Crippen molar-refractivity contribution in [2.75, 3.05) is 18.1 Å². The molecule has 7 heterocycles. The van der Waals surface area contributed by atoms with Crippen LogP contribution in [0.5, 0.6) is 0 Å². The van der Waals surface area contributed by atoms with E-state index in [1.165, 1.54) is 41.0 Å². The second-order valence-electron chi connectivity index (χ2n) is 10.6. The van der Waals surface area contributed by atoms with Gasteiger partial charge in [0.15, 0.2) is 29.3 Å². The number of pyridine rings is 1. The van der Waals surface area contributed by atoms with E-state index in [9.17, 15) is 28.8 Å². The van der Waals surface area contributed by atoms with Crippen LogP contribution in [0.15, 0.2) is 29.7 Å². The SMILES string of the molecule is C[C@@H]1OP(=O)(O)OC2C[C@@H](COP(=O)(O)O[C@H]3[C@@H](O)[C@H](n4cnc5c(N)ccnc54)O[C@H]31)O[C@H]2n1cnc2c(=O)[nH]c(N)nc21. The topological polar surface area (TPSA) is 297 Å². The predicted molar refractivity (Wildman–Crippen MR) is 149 cm³/mol. The molecule has 2 bridgehead atoms. The Bertz CT molecular complexity index is 1930. The van der Waals surface area contributed by atoms with Gasteiger partial charge in [-0.05, 0) is 13.0 Å². The van der Waals surface area contributed by atoms with Gasteiger partial charge in [0.1, 0.15) is 29.9 Å². The number of aliphatic hydroxyl groups excluding tert-OH is 1. The number of nitrogens with two attached hydrogens (primary N) is 2. The zero-order valence-electron chi connectivity index (χ0n) is 23.1. The van der Waals surface area contributed by atoms with Crippen molar-refractivity contribution in [3.8, 4) is 0 Å². The maximum absolute atomic E-state index is 13.4. The highest BCUT2D eigenvalue weighted by Crippen LogP contribution is 2.55. The number of nitrogens with one attached hydrogen (secondary N) is 1. The lowest BCUT2D eigenvalue weighted by Gasteiger charge is -2.29. The molecule has 3 unspecified atom stereocenters. The summed E-state index contributed by atoms with van der Waals surface area (Å²) < 4.78 is 62.6. The number of rotatable bonds is 2. The van der Waals surface area contributed by atoms with Crippen LogP contribution in [0.25, 0.3) is 22.3 Å². The molecule has 4 aromatic heterocycles. The molecular formula is C22H27N9O12P2. The first-order valence-electron chi connectivity index (χ1n) is 13.4. The lowest BCUT2D eigenvalue weighted by Crippen LogP contribution is -2.40. The van der Waals surface area contributed by atoms with Gasteiger partial charge >= 0.3 is 15.6 Å². The van der Waals surface area contributed by atoms with E-state index in [4.69, 9.17) is 39.0 Å². The summed E-state index contributed by atoms with van der Waals surface area (Å²) in [5, 5.41) is 11.3. The molecule has 0 aliphatic carbocycles. The minimum Gasteiger partial charge on any atom is -0.397 e. The summed E-state index contributed by atoms with van der Waals surface area (Å²) in [6.45, 7) is 0.771. The number of hydrogen-bond donors (Lipinski definition) is 6. The second-order valence-corrected chi connectivity index (χ2v) is 13.4. The number of anilines is 2. The third-order valence-electron chi connectivity index (χ3n) is 7.59. The van der Waals surface area contributed by atoms with Gasteiger partial charge in [0.05, 0.1) is 37.2 Å². The highest BCUT2D eigenvalue weighted by atomic mass is 31.2. The Kier molecular flexibility index (Phi) is 7.34. The van der Waals surface area contributed by atoms with E-state index in [-0.39, 0.29) is 29.2 Å². The van der Waals surface area contributed by atoms with Crippen LogP contribution in [0.2, 0.25) is 0 Å². The van der Waals surface area contributed by atoms with Crippen molar-refractivity contribution in [3.63, 3.8) is 0 Å². The lowest BCUT2D eigenvalue weighted by molar-refractivity contribution is -0.0870. The van der Waals surface area contributed by atoms with Crippen molar-refractivity contribution in [2.45, 2.75) is 62.4 Å². The van der Waals surface area contributed by atoms with Crippen molar-refractivity contribution in [1.29, 1.82) is 0 Å². The molecule has 21 nitrogen and oxygen atoms in total. The van der Waals surface area contributed by atoms with E-state index in [0.717, 1.165) is 0 Å². The van der Waals surface area contributed by atoms with Gasteiger partial charge in [-0.1, -0.05) is 0 Å². The maximum Gasteiger partial charge on any atom is 0.472 e. The number of ether oxygens (including phenoxy) is 2. The number of phosphoric acid groups is 2. The quantitative estimate of drug-likeness (QED) is 0.149. The number of nitrogens with zero attached hydrogens (tertiary/aromatic N) is 6. The molecule has 0 spiro atoms. The van der Waals surface area contributed by atoms with Crippen molar-refractivity contribution >= 4 is 49.6 Å². The van der Waals surface area contributed by atoms with Gasteiger partial charge in [0, 0.05) is 12.6 Å². The van der Waals surface area contributed by atoms with Gasteiger partial charge in [-0.3, -0.25) is 37.0 Å². The van der Waals surface area contributed by atoms with Crippen molar-refractivity contribution in [2.24, 2.45) is 0 Å². The van der Waals surface area contributed by atoms with Gasteiger partial charge < -0.3 is 35.8 Å². The first-order valence-corrected chi connectivity index (χ1v) is 16.4. The molecule has 0 aromatic carbocycles. The Morgan fingerprint density at radius 2 is 1.69 bits per heavy atom. The number of nitrogen functional groups attached to an aromatic ring is 2. The van der Waals surface area contributed by atoms with Crippen LogP contribution in [0.4, 0.5) is 11.6 Å². The minimum atomic E-state index is -4.96. The van der Waals surface area contributed by atoms with Crippen LogP contribution in [0.3, 0.4) is 0 Å². The number of H-pyrrole nitrogens is 1. The third-order valence-corrected chi connectivity index (χ3v) is 9.72. The normalized spacial score (nSPS) is 37.7. The van der Waals surface area contributed by atoms with E-state index in [1.807, 2.05) is 0 Å². The van der Waals surface area contributed by atoms with E-state index in [0.29, 0.717) is 11.2 Å². The average Bonchev–Trinajstić information content (AvgIpc) is 3.72. The van der Waals surface area contributed by atoms with Gasteiger partial charge in [-0.2, -0.15) is 4.98 Å². The zero-order valence-corrected chi connectivity index (χ0v) is 24.9. The largest absolute Gasteiger partial charge is 0.472 e. The van der Waals surface area contributed by atoms with Crippen LogP contribution >= 0.6 is 15.6 Å². The Morgan fingerprint density at radius 3 is 2.47 bits per heavy atom. The predicted octanol–water partition coefficient (Wildman–Crippen LogP) is -0.319. The molecule has 4 aromatic rings. The Labute approximate surface area is 251 Å². The van der Waals surface area contributed by atoms with Gasteiger partial charge in [-0.15, -0.1) is 0 Å². The molecular weight excluding hydrogens is 644 g/mol. The van der Waals surface area contributed by atoms with E-state index in [2.05, 4.69) is 24.9 Å². The zero-order chi connectivity index (χ0) is 31.8. The molecule has 45 heavy (non-hydrogen) atoms. The van der Waals surface area contributed by atoms with Gasteiger partial charge in [0.2, 0.25) is 5.95 Å². The van der Waals surface area contributed by atoms with Crippen molar-refractivity contribution < 1.29 is 51.6 Å². The molecule has 3 aliphatic rings. The number of hydrogen-bond acceptors (Lipinski definition) is 16. The number of aliphatic hydroxyl groups is 1. The first kappa shape index (κ1) is 30.3. The summed E-state index contributed by atoms with van der Waals surface area (Å²) in [5.74, 6) is -0.218. The Balaban J connectivity index is 1.21. The highest BCUT2D eigenvalue weighted by Gasteiger charge is 2.54. The number of aromatic nitrogens is 7. The van der Waals surface area contributed by atoms with Crippen molar-refractivity contribution in [3.05, 3.63) is 35.3 Å². The molecule has 23 heteroatoms. The molecule has 242 valence electrons. The molecule has 0 amide bonds. The van der Waals surface area contributed by atoms with Crippen molar-refractivity contribution in [1.82, 2.24) is 34.1 Å². The van der Waals surface area contributed by atoms with Crippen LogP contribution in [0, 0.1) is 0 Å². The molecule has 3 saturated heterocycles. The number of aromatic amines is 1. The first-order chi connectivity index (χ1) is 21.3. The van der Waals surface area contributed by atoms with Gasteiger partial charge in [-0.25, -0.2) is 24.1 Å². The fraction of sp³-hybridized carbons (Fsp3) is 0.500. The van der Waals surface area contributed by atoms with Crippen LogP contribution < -0.4 is 17.0 Å². The average molecular weight is 671 g/mol. The standard InChI is InChI=1S/C22H27N9O12P2/c1-8-15-16(14(32)21(40-15)30-6-26-12-10(23)2-3-25-17(12)30)43-44(34,35)38-5-9-4-11(42-45(36,37)41-8)20(39-9)31-7-27-13-18(31)28-22(24)29-19(13)33/h2-3,6-9,11,14-16,20-21,32H,4-5H2,1H3,(H2,23,25)(H,34,35)(H,36,37)(H3,24,28,29,33)/t8-,9-,11?,14+,15-,16-,20+,21+/m0/s1. The maximum atomic E-state index is 13.4. The summed E-state index contributed by atoms with van der Waals surface area (Å²) in [6, 6.07) is 1.53. The summed E-state index contributed by atoms with van der Waals surface area (Å²) >= 11 is 0. The lowest BCUT2D eigenvalue weighted by atomic mass is 10.1. The second kappa shape index (κ2) is 10.9. The summed E-state index contributed by atoms with van der Waals surface area (Å²) in [7, 11) is -9.91. The smallest absolute Gasteiger partial charge is 0.397 e. The number of fused-ring (bicyclic) bond motifs is 5. The fourth-order valence-electron chi connectivity index (χ4n) is 5.67. The monoisotopic (exact) mass is 671 g/mol. The van der Waals surface area contributed by atoms with Crippen LogP contribution in [-0.4, -0.2) is 92.2 Å². The molecule has 3 aliphatic heterocycles. The van der Waals surface area contributed by atoms with Gasteiger partial charge in [0.25, 0.3) is 5.56 Å². The van der Waals surface area contributed by atoms with E-state index < -0.39 is 76.9 Å². The molecule has 8 N–H and O–H groups in total. The minimum absolute atomic E-state index is 0.0127. The van der Waals surface area contributed by atoms with E-state index in [1.54, 1.807) is 0 Å². The molecule has 10 atom stereocenters.